The number of aliphatic hydroxyl groups excluding tert-OH is 1. The van der Waals surface area contributed by atoms with Gasteiger partial charge in [-0.2, -0.15) is 0 Å². The number of aliphatic hydroxyl groups is 3. The molecule has 21 heavy (non-hydrogen) atoms. The Hall–Kier alpha value is -1.52. The summed E-state index contributed by atoms with van der Waals surface area (Å²) in [6, 6.07) is 1.10. The van der Waals surface area contributed by atoms with E-state index in [4.69, 9.17) is 9.47 Å². The van der Waals surface area contributed by atoms with E-state index >= 15 is 0 Å². The van der Waals surface area contributed by atoms with E-state index in [1.165, 1.54) is 13.3 Å². The number of aromatic amines is 1. The zero-order valence-electron chi connectivity index (χ0n) is 11.2. The summed E-state index contributed by atoms with van der Waals surface area (Å²) < 4.78 is 11.3. The van der Waals surface area contributed by atoms with E-state index in [0.717, 1.165) is 10.6 Å². The molecule has 116 valence electrons. The minimum atomic E-state index is -1.77. The molecule has 1 unspecified atom stereocenters. The number of hydrogen-bond acceptors (Lipinski definition) is 7. The van der Waals surface area contributed by atoms with Crippen LogP contribution in [0.25, 0.3) is 0 Å². The monoisotopic (exact) mass is 300 g/mol. The predicted octanol–water partition coefficient (Wildman–Crippen LogP) is -2.84. The fourth-order valence-electron chi connectivity index (χ4n) is 3.28. The van der Waals surface area contributed by atoms with E-state index in [-0.39, 0.29) is 6.61 Å². The lowest BCUT2D eigenvalue weighted by molar-refractivity contribution is -0.117. The number of hydrogen-bond donors (Lipinski definition) is 4. The third-order valence-corrected chi connectivity index (χ3v) is 4.38. The molecule has 9 nitrogen and oxygen atoms in total. The van der Waals surface area contributed by atoms with Gasteiger partial charge in [0.1, 0.15) is 17.3 Å². The second-order valence-corrected chi connectivity index (χ2v) is 5.34. The van der Waals surface area contributed by atoms with Crippen LogP contribution in [0.3, 0.4) is 0 Å². The molecule has 0 amide bonds. The van der Waals surface area contributed by atoms with E-state index < -0.39 is 47.3 Å². The Balaban J connectivity index is 2.04. The lowest BCUT2D eigenvalue weighted by Crippen LogP contribution is -2.39. The minimum absolute atomic E-state index is 0.0431. The van der Waals surface area contributed by atoms with Crippen LogP contribution in [0.5, 0.6) is 0 Å². The highest BCUT2D eigenvalue weighted by Gasteiger charge is 2.87. The Labute approximate surface area is 118 Å². The molecule has 0 aromatic carbocycles. The Morgan fingerprint density at radius 3 is 2.71 bits per heavy atom. The number of nitrogens with zero attached hydrogens (tertiary/aromatic N) is 1. The van der Waals surface area contributed by atoms with Crippen LogP contribution in [0.15, 0.2) is 21.9 Å². The predicted molar refractivity (Wildman–Crippen MR) is 67.6 cm³/mol. The first kappa shape index (κ1) is 14.4. The lowest BCUT2D eigenvalue weighted by atomic mass is 10.1. The summed E-state index contributed by atoms with van der Waals surface area (Å²) in [6.45, 7) is -0.477. The molecule has 1 aromatic rings. The van der Waals surface area contributed by atoms with E-state index in [0.29, 0.717) is 0 Å². The van der Waals surface area contributed by atoms with Crippen molar-refractivity contribution in [3.8, 4) is 0 Å². The van der Waals surface area contributed by atoms with Gasteiger partial charge in [-0.15, -0.1) is 0 Å². The molecular formula is C12H16N2O7. The lowest BCUT2D eigenvalue weighted by Gasteiger charge is -2.23. The van der Waals surface area contributed by atoms with Crippen molar-refractivity contribution in [3.63, 3.8) is 0 Å². The number of ether oxygens (including phenoxy) is 2. The Morgan fingerprint density at radius 1 is 1.43 bits per heavy atom. The van der Waals surface area contributed by atoms with Gasteiger partial charge < -0.3 is 24.8 Å². The van der Waals surface area contributed by atoms with Gasteiger partial charge in [0, 0.05) is 19.4 Å². The summed E-state index contributed by atoms with van der Waals surface area (Å²) in [5, 5.41) is 30.6. The van der Waals surface area contributed by atoms with Crippen LogP contribution in [0.1, 0.15) is 6.23 Å². The van der Waals surface area contributed by atoms with Crippen LogP contribution in [0.2, 0.25) is 0 Å². The highest BCUT2D eigenvalue weighted by atomic mass is 16.6. The van der Waals surface area contributed by atoms with Crippen LogP contribution >= 0.6 is 0 Å². The van der Waals surface area contributed by atoms with Gasteiger partial charge >= 0.3 is 5.69 Å². The van der Waals surface area contributed by atoms with Gasteiger partial charge in [-0.3, -0.25) is 14.3 Å². The Morgan fingerprint density at radius 2 is 2.14 bits per heavy atom. The average Bonchev–Trinajstić information content (AvgIpc) is 2.80. The number of H-pyrrole nitrogens is 1. The molecule has 4 N–H and O–H groups in total. The molecule has 1 aromatic heterocycles. The SMILES string of the molecule is COCC1[C@@]2(O)[C@@H](CO)O[C@@H](n3ccc(=O)[nH]c3=O)[C@@]12O. The van der Waals surface area contributed by atoms with Crippen LogP contribution in [0.4, 0.5) is 0 Å². The number of rotatable bonds is 4. The molecule has 1 saturated heterocycles. The number of nitrogens with one attached hydrogen (secondary N) is 1. The second-order valence-electron chi connectivity index (χ2n) is 5.34. The smallest absolute Gasteiger partial charge is 0.330 e. The first-order valence-electron chi connectivity index (χ1n) is 6.42. The van der Waals surface area contributed by atoms with Crippen molar-refractivity contribution in [2.75, 3.05) is 20.3 Å². The second kappa shape index (κ2) is 4.49. The first-order chi connectivity index (χ1) is 9.91. The van der Waals surface area contributed by atoms with Gasteiger partial charge in [0.2, 0.25) is 0 Å². The third-order valence-electron chi connectivity index (χ3n) is 4.38. The fraction of sp³-hybridized carbons (Fsp3) is 0.667. The third kappa shape index (κ3) is 1.63. The number of methoxy groups -OCH3 is 1. The van der Waals surface area contributed by atoms with Gasteiger partial charge in [-0.1, -0.05) is 0 Å². The standard InChI is InChI=1S/C12H16N2O7/c1-20-5-6-11(18)7(4-15)21-9(12(6,11)19)14-3-2-8(16)13-10(14)17/h2-3,6-7,9,15,18-19H,4-5H2,1H3,(H,13,16,17)/t6?,7-,9-,11-,12+/m1/s1. The molecule has 1 aliphatic heterocycles. The van der Waals surface area contributed by atoms with Crippen molar-refractivity contribution in [2.45, 2.75) is 23.5 Å². The largest absolute Gasteiger partial charge is 0.394 e. The van der Waals surface area contributed by atoms with Gasteiger partial charge in [0.25, 0.3) is 5.56 Å². The van der Waals surface area contributed by atoms with Gasteiger partial charge in [-0.25, -0.2) is 4.79 Å². The maximum absolute atomic E-state index is 11.8. The molecule has 1 aliphatic carbocycles. The van der Waals surface area contributed by atoms with Crippen LogP contribution < -0.4 is 11.2 Å². The number of fused-ring (bicyclic) bond motifs is 1. The molecule has 0 bridgehead atoms. The van der Waals surface area contributed by atoms with Crippen molar-refractivity contribution in [2.24, 2.45) is 5.92 Å². The quantitative estimate of drug-likeness (QED) is 0.470. The van der Waals surface area contributed by atoms with E-state index in [9.17, 15) is 24.9 Å². The molecule has 2 fully saturated rings. The summed E-state index contributed by atoms with van der Waals surface area (Å²) in [5.74, 6) is -0.704. The molecule has 0 spiro atoms. The van der Waals surface area contributed by atoms with Crippen molar-refractivity contribution >= 4 is 0 Å². The summed E-state index contributed by atoms with van der Waals surface area (Å²) in [7, 11) is 1.41. The van der Waals surface area contributed by atoms with Crippen molar-refractivity contribution in [3.05, 3.63) is 33.1 Å². The normalized spacial score (nSPS) is 41.0. The number of aromatic nitrogens is 2. The zero-order chi connectivity index (χ0) is 15.4. The molecule has 2 aliphatic rings. The molecule has 2 heterocycles. The van der Waals surface area contributed by atoms with Gasteiger partial charge in [0.05, 0.1) is 19.1 Å². The summed E-state index contributed by atoms with van der Waals surface area (Å²) in [5.41, 5.74) is -4.82. The molecule has 3 rings (SSSR count). The van der Waals surface area contributed by atoms with E-state index in [2.05, 4.69) is 0 Å². The molecule has 9 heteroatoms. The Bertz CT molecular complexity index is 670. The van der Waals surface area contributed by atoms with Crippen molar-refractivity contribution < 1.29 is 24.8 Å². The fourth-order valence-corrected chi connectivity index (χ4v) is 3.28. The first-order valence-corrected chi connectivity index (χ1v) is 6.42. The van der Waals surface area contributed by atoms with Crippen LogP contribution in [0, 0.1) is 5.92 Å². The highest BCUT2D eigenvalue weighted by Crippen LogP contribution is 2.67. The maximum atomic E-state index is 11.8. The molecule has 1 saturated carbocycles. The van der Waals surface area contributed by atoms with Crippen molar-refractivity contribution in [1.82, 2.24) is 9.55 Å². The zero-order valence-corrected chi connectivity index (χ0v) is 11.2. The van der Waals surface area contributed by atoms with E-state index in [1.807, 2.05) is 4.98 Å². The van der Waals surface area contributed by atoms with Crippen molar-refractivity contribution in [1.29, 1.82) is 0 Å². The van der Waals surface area contributed by atoms with Crippen LogP contribution in [-0.2, 0) is 9.47 Å². The Kier molecular flexibility index (Phi) is 3.08. The molecular weight excluding hydrogens is 284 g/mol. The maximum Gasteiger partial charge on any atom is 0.330 e. The topological polar surface area (TPSA) is 134 Å². The summed E-state index contributed by atoms with van der Waals surface area (Å²) >= 11 is 0. The van der Waals surface area contributed by atoms with Gasteiger partial charge in [0.15, 0.2) is 6.23 Å². The highest BCUT2D eigenvalue weighted by molar-refractivity contribution is 5.34. The van der Waals surface area contributed by atoms with Crippen LogP contribution in [-0.4, -0.2) is 62.5 Å². The van der Waals surface area contributed by atoms with Gasteiger partial charge in [-0.05, 0) is 0 Å². The summed E-state index contributed by atoms with van der Waals surface area (Å²) in [6.07, 6.45) is -1.10. The molecule has 5 atom stereocenters. The summed E-state index contributed by atoms with van der Waals surface area (Å²) in [4.78, 5) is 25.0. The van der Waals surface area contributed by atoms with E-state index in [1.54, 1.807) is 0 Å². The molecule has 0 radical (unpaired) electrons. The average molecular weight is 300 g/mol. The minimum Gasteiger partial charge on any atom is -0.394 e.